The first-order chi connectivity index (χ1) is 8.84. The van der Waals surface area contributed by atoms with E-state index in [0.717, 1.165) is 15.8 Å². The Morgan fingerprint density at radius 1 is 0.778 bits per heavy atom. The minimum Gasteiger partial charge on any atom is -0.332 e. The first-order valence-corrected chi connectivity index (χ1v) is 6.58. The van der Waals surface area contributed by atoms with Gasteiger partial charge in [-0.15, -0.1) is 0 Å². The van der Waals surface area contributed by atoms with E-state index in [1.165, 1.54) is 21.5 Å². The van der Waals surface area contributed by atoms with E-state index in [9.17, 15) is 0 Å². The second-order valence-electron chi connectivity index (χ2n) is 4.34. The van der Waals surface area contributed by atoms with Gasteiger partial charge in [0.05, 0.1) is 11.0 Å². The number of aromatic amines is 1. The van der Waals surface area contributed by atoms with E-state index >= 15 is 0 Å². The predicted octanol–water partition coefficient (Wildman–Crippen LogP) is 4.63. The van der Waals surface area contributed by atoms with Crippen LogP contribution in [0.25, 0.3) is 32.6 Å². The van der Waals surface area contributed by atoms with Crippen LogP contribution in [0.15, 0.2) is 53.3 Å². The molecule has 0 unspecified atom stereocenters. The fraction of sp³-hybridized carbons (Fsp3) is 0. The van der Waals surface area contributed by atoms with Gasteiger partial charge in [-0.25, -0.2) is 4.98 Å². The van der Waals surface area contributed by atoms with E-state index in [4.69, 9.17) is 0 Å². The number of hydrogen-bond acceptors (Lipinski definition) is 1. The van der Waals surface area contributed by atoms with Crippen LogP contribution >= 0.6 is 15.9 Å². The van der Waals surface area contributed by atoms with Crippen molar-refractivity contribution in [3.05, 3.63) is 53.3 Å². The number of H-pyrrole nitrogens is 1. The molecule has 3 aromatic carbocycles. The minimum absolute atomic E-state index is 0.777. The summed E-state index contributed by atoms with van der Waals surface area (Å²) >= 11 is 3.43. The Bertz CT molecular complexity index is 820. The van der Waals surface area contributed by atoms with Crippen LogP contribution in [0.1, 0.15) is 0 Å². The molecule has 0 aliphatic heterocycles. The molecule has 0 aliphatic rings. The molecule has 86 valence electrons. The van der Waals surface area contributed by atoms with Crippen LogP contribution in [0, 0.1) is 0 Å². The molecule has 0 amide bonds. The molecule has 3 heteroatoms. The van der Waals surface area contributed by atoms with E-state index in [1.54, 1.807) is 0 Å². The number of nitrogens with one attached hydrogen (secondary N) is 1. The van der Waals surface area contributed by atoms with Gasteiger partial charge in [0.15, 0.2) is 4.73 Å². The SMILES string of the molecule is Brc1nc2c3ccccc3c3ccccc3c2[nH]1. The van der Waals surface area contributed by atoms with Crippen molar-refractivity contribution in [2.24, 2.45) is 0 Å². The number of benzene rings is 3. The van der Waals surface area contributed by atoms with Crippen molar-refractivity contribution < 1.29 is 0 Å². The Balaban J connectivity index is 2.45. The number of nitrogens with zero attached hydrogens (tertiary/aromatic N) is 1. The molecule has 0 spiro atoms. The highest BCUT2D eigenvalue weighted by Crippen LogP contribution is 2.33. The summed E-state index contributed by atoms with van der Waals surface area (Å²) in [5.41, 5.74) is 2.12. The number of hydrogen-bond donors (Lipinski definition) is 1. The van der Waals surface area contributed by atoms with E-state index in [-0.39, 0.29) is 0 Å². The minimum atomic E-state index is 0.777. The van der Waals surface area contributed by atoms with Gasteiger partial charge in [0.25, 0.3) is 0 Å². The summed E-state index contributed by atoms with van der Waals surface area (Å²) in [7, 11) is 0. The molecule has 1 heterocycles. The van der Waals surface area contributed by atoms with Gasteiger partial charge in [0.2, 0.25) is 0 Å². The van der Waals surface area contributed by atoms with Crippen LogP contribution in [-0.2, 0) is 0 Å². The van der Waals surface area contributed by atoms with Gasteiger partial charge in [0.1, 0.15) is 0 Å². The Kier molecular flexibility index (Phi) is 2.00. The van der Waals surface area contributed by atoms with Crippen LogP contribution in [0.3, 0.4) is 0 Å². The average molecular weight is 297 g/mol. The summed E-state index contributed by atoms with van der Waals surface area (Å²) in [6.45, 7) is 0. The Labute approximate surface area is 112 Å². The molecule has 0 radical (unpaired) electrons. The zero-order valence-electron chi connectivity index (χ0n) is 9.44. The summed E-state index contributed by atoms with van der Waals surface area (Å²) in [5, 5.41) is 4.91. The fourth-order valence-corrected chi connectivity index (χ4v) is 2.97. The number of halogens is 1. The lowest BCUT2D eigenvalue weighted by atomic mass is 10.0. The molecule has 4 rings (SSSR count). The molecule has 0 atom stereocenters. The van der Waals surface area contributed by atoms with E-state index < -0.39 is 0 Å². The van der Waals surface area contributed by atoms with Crippen molar-refractivity contribution >= 4 is 48.5 Å². The molecule has 1 aromatic heterocycles. The molecule has 0 aliphatic carbocycles. The van der Waals surface area contributed by atoms with E-state index in [2.05, 4.69) is 74.4 Å². The highest BCUT2D eigenvalue weighted by molar-refractivity contribution is 9.10. The first-order valence-electron chi connectivity index (χ1n) is 5.79. The van der Waals surface area contributed by atoms with Crippen molar-refractivity contribution in [1.29, 1.82) is 0 Å². The molecule has 4 aromatic rings. The van der Waals surface area contributed by atoms with Crippen molar-refractivity contribution in [1.82, 2.24) is 9.97 Å². The van der Waals surface area contributed by atoms with Gasteiger partial charge >= 0.3 is 0 Å². The third kappa shape index (κ3) is 1.25. The lowest BCUT2D eigenvalue weighted by molar-refractivity contribution is 1.27. The van der Waals surface area contributed by atoms with Crippen LogP contribution in [0.5, 0.6) is 0 Å². The molecule has 0 saturated heterocycles. The van der Waals surface area contributed by atoms with Gasteiger partial charge in [-0.2, -0.15) is 0 Å². The summed E-state index contributed by atoms with van der Waals surface area (Å²) in [6, 6.07) is 16.8. The summed E-state index contributed by atoms with van der Waals surface area (Å²) in [5.74, 6) is 0. The third-order valence-corrected chi connectivity index (χ3v) is 3.72. The van der Waals surface area contributed by atoms with Crippen LogP contribution in [0.2, 0.25) is 0 Å². The Morgan fingerprint density at radius 2 is 1.33 bits per heavy atom. The predicted molar refractivity (Wildman–Crippen MR) is 78.8 cm³/mol. The van der Waals surface area contributed by atoms with Crippen LogP contribution in [0.4, 0.5) is 0 Å². The van der Waals surface area contributed by atoms with Gasteiger partial charge in [0, 0.05) is 10.8 Å². The number of imidazole rings is 1. The zero-order valence-corrected chi connectivity index (χ0v) is 11.0. The highest BCUT2D eigenvalue weighted by Gasteiger charge is 2.10. The van der Waals surface area contributed by atoms with E-state index in [1.807, 2.05) is 0 Å². The van der Waals surface area contributed by atoms with Gasteiger partial charge < -0.3 is 4.98 Å². The normalized spacial score (nSPS) is 11.6. The van der Waals surface area contributed by atoms with Gasteiger partial charge in [-0.05, 0) is 26.7 Å². The molecule has 2 nitrogen and oxygen atoms in total. The van der Waals surface area contributed by atoms with Gasteiger partial charge in [-0.1, -0.05) is 48.5 Å². The zero-order chi connectivity index (χ0) is 12.1. The smallest absolute Gasteiger partial charge is 0.175 e. The summed E-state index contributed by atoms with van der Waals surface area (Å²) in [6.07, 6.45) is 0. The monoisotopic (exact) mass is 296 g/mol. The van der Waals surface area contributed by atoms with Crippen molar-refractivity contribution in [2.45, 2.75) is 0 Å². The molecule has 18 heavy (non-hydrogen) atoms. The number of aromatic nitrogens is 2. The first kappa shape index (κ1) is 10.1. The number of fused-ring (bicyclic) bond motifs is 6. The van der Waals surface area contributed by atoms with E-state index in [0.29, 0.717) is 0 Å². The van der Waals surface area contributed by atoms with Crippen molar-refractivity contribution in [2.75, 3.05) is 0 Å². The Morgan fingerprint density at radius 3 is 2.06 bits per heavy atom. The fourth-order valence-electron chi connectivity index (χ4n) is 2.59. The average Bonchev–Trinajstić information content (AvgIpc) is 2.81. The van der Waals surface area contributed by atoms with Crippen LogP contribution < -0.4 is 0 Å². The quantitative estimate of drug-likeness (QED) is 0.471. The Hall–Kier alpha value is -1.87. The van der Waals surface area contributed by atoms with Crippen molar-refractivity contribution in [3.8, 4) is 0 Å². The lowest BCUT2D eigenvalue weighted by Crippen LogP contribution is -1.81. The van der Waals surface area contributed by atoms with Crippen LogP contribution in [-0.4, -0.2) is 9.97 Å². The molecule has 0 saturated carbocycles. The lowest BCUT2D eigenvalue weighted by Gasteiger charge is -2.05. The topological polar surface area (TPSA) is 28.7 Å². The summed E-state index contributed by atoms with van der Waals surface area (Å²) < 4.78 is 0.777. The standard InChI is InChI=1S/C15H9BrN2/c16-15-17-13-11-7-3-1-5-9(11)10-6-2-4-8-12(10)14(13)18-15/h1-8H,(H,17,18). The maximum Gasteiger partial charge on any atom is 0.175 e. The molecule has 0 bridgehead atoms. The third-order valence-electron chi connectivity index (χ3n) is 3.34. The second kappa shape index (κ2) is 3.56. The molecular weight excluding hydrogens is 288 g/mol. The van der Waals surface area contributed by atoms with Crippen molar-refractivity contribution in [3.63, 3.8) is 0 Å². The summed E-state index contributed by atoms with van der Waals surface area (Å²) in [4.78, 5) is 7.85. The number of rotatable bonds is 0. The van der Waals surface area contributed by atoms with Gasteiger partial charge in [-0.3, -0.25) is 0 Å². The molecule has 0 fully saturated rings. The largest absolute Gasteiger partial charge is 0.332 e. The molecule has 1 N–H and O–H groups in total. The maximum atomic E-state index is 4.55. The maximum absolute atomic E-state index is 4.55. The molecular formula is C15H9BrN2. The second-order valence-corrected chi connectivity index (χ2v) is 5.09. The highest BCUT2D eigenvalue weighted by atomic mass is 79.9.